The molecule has 1 aromatic heterocycles. The highest BCUT2D eigenvalue weighted by Gasteiger charge is 2.23. The van der Waals surface area contributed by atoms with Crippen molar-refractivity contribution < 1.29 is 14.3 Å². The van der Waals surface area contributed by atoms with Crippen LogP contribution in [0.25, 0.3) is 16.6 Å². The molecule has 3 aromatic carbocycles. The lowest BCUT2D eigenvalue weighted by atomic mass is 10.1. The van der Waals surface area contributed by atoms with Crippen molar-refractivity contribution in [2.75, 3.05) is 6.61 Å². The molecule has 0 bridgehead atoms. The molecule has 0 saturated carbocycles. The van der Waals surface area contributed by atoms with Crippen LogP contribution in [0.5, 0.6) is 0 Å². The highest BCUT2D eigenvalue weighted by atomic mass is 35.5. The molecule has 0 atom stereocenters. The minimum atomic E-state index is -0.390. The van der Waals surface area contributed by atoms with Crippen molar-refractivity contribution in [2.45, 2.75) is 6.92 Å². The van der Waals surface area contributed by atoms with Gasteiger partial charge in [-0.25, -0.2) is 9.48 Å². The second-order valence-electron chi connectivity index (χ2n) is 6.47. The van der Waals surface area contributed by atoms with Gasteiger partial charge >= 0.3 is 5.97 Å². The molecule has 0 N–H and O–H groups in total. The van der Waals surface area contributed by atoms with Gasteiger partial charge in [0.05, 0.1) is 39.0 Å². The average Bonchev–Trinajstić information content (AvgIpc) is 3.13. The maximum atomic E-state index is 13.3. The van der Waals surface area contributed by atoms with Crippen molar-refractivity contribution in [3.8, 4) is 5.69 Å². The number of halogens is 2. The van der Waals surface area contributed by atoms with E-state index < -0.39 is 5.97 Å². The predicted octanol–water partition coefficient (Wildman–Crippen LogP) is 5.74. The summed E-state index contributed by atoms with van der Waals surface area (Å²) in [6.45, 7) is 2.06. The van der Waals surface area contributed by atoms with Crippen LogP contribution in [0.3, 0.4) is 0 Å². The zero-order valence-electron chi connectivity index (χ0n) is 15.9. The van der Waals surface area contributed by atoms with Crippen molar-refractivity contribution in [1.82, 2.24) is 9.78 Å². The topological polar surface area (TPSA) is 61.2 Å². The lowest BCUT2D eigenvalue weighted by Crippen LogP contribution is -2.07. The Kier molecular flexibility index (Phi) is 5.57. The smallest absolute Gasteiger partial charge is 0.338 e. The van der Waals surface area contributed by atoms with Crippen molar-refractivity contribution in [3.63, 3.8) is 0 Å². The van der Waals surface area contributed by atoms with E-state index in [4.69, 9.17) is 27.9 Å². The summed E-state index contributed by atoms with van der Waals surface area (Å²) in [5.41, 5.74) is 2.34. The van der Waals surface area contributed by atoms with Gasteiger partial charge in [0.2, 0.25) is 5.78 Å². The van der Waals surface area contributed by atoms with Crippen LogP contribution in [-0.2, 0) is 4.74 Å². The Bertz CT molecular complexity index is 1240. The highest BCUT2D eigenvalue weighted by molar-refractivity contribution is 6.41. The number of esters is 1. The molecule has 0 saturated heterocycles. The first-order chi connectivity index (χ1) is 14.5. The molecule has 1 heterocycles. The first kappa shape index (κ1) is 20.1. The number of para-hydroxylation sites is 1. The number of benzene rings is 3. The van der Waals surface area contributed by atoms with E-state index >= 15 is 0 Å². The second-order valence-corrected chi connectivity index (χ2v) is 7.29. The molecule has 0 aliphatic heterocycles. The number of hydrogen-bond donors (Lipinski definition) is 0. The minimum absolute atomic E-state index is 0.217. The highest BCUT2D eigenvalue weighted by Crippen LogP contribution is 2.30. The van der Waals surface area contributed by atoms with Gasteiger partial charge in [0.15, 0.2) is 0 Å². The Hall–Kier alpha value is -3.15. The molecule has 0 aliphatic rings. The number of ether oxygens (including phenoxy) is 1. The van der Waals surface area contributed by atoms with E-state index in [2.05, 4.69) is 5.10 Å². The largest absolute Gasteiger partial charge is 0.462 e. The van der Waals surface area contributed by atoms with Gasteiger partial charge in [-0.1, -0.05) is 47.5 Å². The van der Waals surface area contributed by atoms with Crippen molar-refractivity contribution in [3.05, 3.63) is 93.6 Å². The lowest BCUT2D eigenvalue weighted by molar-refractivity contribution is 0.0526. The Morgan fingerprint density at radius 3 is 2.27 bits per heavy atom. The third-order valence-corrected chi connectivity index (χ3v) is 5.25. The zero-order valence-corrected chi connectivity index (χ0v) is 17.4. The van der Waals surface area contributed by atoms with Gasteiger partial charge in [0.1, 0.15) is 5.69 Å². The SMILES string of the molecule is CCOC(=O)c1ccc(-n2nc(C(=O)c3c(Cl)cccc3Cl)c3ccccc32)cc1. The van der Waals surface area contributed by atoms with E-state index in [0.717, 1.165) is 5.52 Å². The van der Waals surface area contributed by atoms with Crippen LogP contribution in [0.15, 0.2) is 66.7 Å². The van der Waals surface area contributed by atoms with Gasteiger partial charge in [-0.15, -0.1) is 0 Å². The summed E-state index contributed by atoms with van der Waals surface area (Å²) in [7, 11) is 0. The van der Waals surface area contributed by atoms with Crippen molar-refractivity contribution in [2.24, 2.45) is 0 Å². The van der Waals surface area contributed by atoms with Crippen molar-refractivity contribution >= 4 is 45.9 Å². The predicted molar refractivity (Wildman–Crippen MR) is 117 cm³/mol. The number of fused-ring (bicyclic) bond motifs is 1. The lowest BCUT2D eigenvalue weighted by Gasteiger charge is -2.06. The fourth-order valence-electron chi connectivity index (χ4n) is 3.22. The molecule has 4 aromatic rings. The number of hydrogen-bond acceptors (Lipinski definition) is 4. The van der Waals surface area contributed by atoms with Crippen LogP contribution in [-0.4, -0.2) is 28.1 Å². The monoisotopic (exact) mass is 438 g/mol. The molecule has 7 heteroatoms. The molecule has 0 aliphatic carbocycles. The number of carbonyl (C=O) groups excluding carboxylic acids is 2. The summed E-state index contributed by atoms with van der Waals surface area (Å²) in [4.78, 5) is 25.2. The standard InChI is InChI=1S/C23H16Cl2N2O3/c1-2-30-23(29)14-10-12-15(13-11-14)27-19-9-4-3-6-16(19)21(26-27)22(28)20-17(24)7-5-8-18(20)25/h3-13H,2H2,1H3. The summed E-state index contributed by atoms with van der Waals surface area (Å²) in [6.07, 6.45) is 0. The Morgan fingerprint density at radius 1 is 0.933 bits per heavy atom. The molecule has 0 fully saturated rings. The van der Waals surface area contributed by atoms with Crippen molar-refractivity contribution in [1.29, 1.82) is 0 Å². The summed E-state index contributed by atoms with van der Waals surface area (Å²) in [5, 5.41) is 5.77. The molecule has 30 heavy (non-hydrogen) atoms. The normalized spacial score (nSPS) is 10.9. The van der Waals surface area contributed by atoms with Gasteiger partial charge in [-0.3, -0.25) is 4.79 Å². The molecule has 4 rings (SSSR count). The molecule has 150 valence electrons. The Balaban J connectivity index is 1.82. The van der Waals surface area contributed by atoms with E-state index in [9.17, 15) is 9.59 Å². The van der Waals surface area contributed by atoms with E-state index in [0.29, 0.717) is 23.2 Å². The van der Waals surface area contributed by atoms with Crippen LogP contribution >= 0.6 is 23.2 Å². The fourth-order valence-corrected chi connectivity index (χ4v) is 3.79. The number of carbonyl (C=O) groups is 2. The van der Waals surface area contributed by atoms with Gasteiger partial charge < -0.3 is 4.74 Å². The maximum Gasteiger partial charge on any atom is 0.338 e. The molecular weight excluding hydrogens is 423 g/mol. The fraction of sp³-hybridized carbons (Fsp3) is 0.0870. The molecule has 0 amide bonds. The molecule has 5 nitrogen and oxygen atoms in total. The van der Waals surface area contributed by atoms with E-state index in [1.54, 1.807) is 54.1 Å². The quantitative estimate of drug-likeness (QED) is 0.294. The molecule has 0 unspecified atom stereocenters. The second kappa shape index (κ2) is 8.30. The van der Waals surface area contributed by atoms with Crippen LogP contribution < -0.4 is 0 Å². The van der Waals surface area contributed by atoms with E-state index in [-0.39, 0.29) is 27.1 Å². The summed E-state index contributed by atoms with van der Waals surface area (Å²) in [6, 6.07) is 19.1. The Labute approximate surface area is 182 Å². The summed E-state index contributed by atoms with van der Waals surface area (Å²) in [5.74, 6) is -0.748. The number of rotatable bonds is 5. The minimum Gasteiger partial charge on any atom is -0.462 e. The van der Waals surface area contributed by atoms with Crippen LogP contribution in [0, 0.1) is 0 Å². The van der Waals surface area contributed by atoms with Gasteiger partial charge in [0.25, 0.3) is 0 Å². The third kappa shape index (κ3) is 3.58. The third-order valence-electron chi connectivity index (χ3n) is 4.62. The van der Waals surface area contributed by atoms with Crippen LogP contribution in [0.1, 0.15) is 33.3 Å². The van der Waals surface area contributed by atoms with Gasteiger partial charge in [-0.2, -0.15) is 5.10 Å². The van der Waals surface area contributed by atoms with Crippen LogP contribution in [0.4, 0.5) is 0 Å². The molecule has 0 spiro atoms. The average molecular weight is 439 g/mol. The first-order valence-corrected chi connectivity index (χ1v) is 10.0. The summed E-state index contributed by atoms with van der Waals surface area (Å²) >= 11 is 12.5. The number of ketones is 1. The van der Waals surface area contributed by atoms with E-state index in [1.165, 1.54) is 0 Å². The zero-order chi connectivity index (χ0) is 21.3. The number of nitrogens with zero attached hydrogens (tertiary/aromatic N) is 2. The summed E-state index contributed by atoms with van der Waals surface area (Å²) < 4.78 is 6.67. The number of aromatic nitrogens is 2. The van der Waals surface area contributed by atoms with E-state index in [1.807, 2.05) is 24.3 Å². The maximum absolute atomic E-state index is 13.3. The van der Waals surface area contributed by atoms with Crippen LogP contribution in [0.2, 0.25) is 10.0 Å². The van der Waals surface area contributed by atoms with Gasteiger partial charge in [-0.05, 0) is 49.4 Å². The van der Waals surface area contributed by atoms with Gasteiger partial charge in [0, 0.05) is 5.39 Å². The molecule has 0 radical (unpaired) electrons. The first-order valence-electron chi connectivity index (χ1n) is 9.25. The Morgan fingerprint density at radius 2 is 1.60 bits per heavy atom. The molecular formula is C23H16Cl2N2O3.